The van der Waals surface area contributed by atoms with Crippen molar-refractivity contribution in [3.8, 4) is 5.69 Å². The first-order chi connectivity index (χ1) is 11.3. The van der Waals surface area contributed by atoms with E-state index >= 15 is 0 Å². The Morgan fingerprint density at radius 1 is 1.25 bits per heavy atom. The molecule has 2 heterocycles. The Hall–Kier alpha value is -2.08. The second-order valence-electron chi connectivity index (χ2n) is 5.29. The van der Waals surface area contributed by atoms with Gasteiger partial charge < -0.3 is 0 Å². The molecule has 3 rings (SSSR count). The van der Waals surface area contributed by atoms with Crippen molar-refractivity contribution in [2.24, 2.45) is 0 Å². The SMILES string of the molecule is [CH2]Cc1ccc(-n2c(CC)nc3cc(C(F)(F)F)c(Cl)cc32)cn1. The van der Waals surface area contributed by atoms with Crippen molar-refractivity contribution < 1.29 is 13.2 Å². The van der Waals surface area contributed by atoms with E-state index in [2.05, 4.69) is 16.9 Å². The molecular weight excluding hydrogens is 339 g/mol. The van der Waals surface area contributed by atoms with E-state index in [9.17, 15) is 13.2 Å². The van der Waals surface area contributed by atoms with Gasteiger partial charge >= 0.3 is 6.18 Å². The van der Waals surface area contributed by atoms with Gasteiger partial charge in [0.05, 0.1) is 33.5 Å². The Kier molecular flexibility index (Phi) is 4.25. The minimum Gasteiger partial charge on any atom is -0.295 e. The predicted molar refractivity (Wildman–Crippen MR) is 87.3 cm³/mol. The van der Waals surface area contributed by atoms with Gasteiger partial charge in [-0.2, -0.15) is 13.2 Å². The fraction of sp³-hybridized carbons (Fsp3) is 0.235. The van der Waals surface area contributed by atoms with Crippen LogP contribution in [0.5, 0.6) is 0 Å². The number of imidazole rings is 1. The summed E-state index contributed by atoms with van der Waals surface area (Å²) in [5.74, 6) is 0.643. The van der Waals surface area contributed by atoms with Crippen LogP contribution in [-0.4, -0.2) is 14.5 Å². The van der Waals surface area contributed by atoms with E-state index in [0.717, 1.165) is 17.4 Å². The minimum absolute atomic E-state index is 0.254. The second kappa shape index (κ2) is 6.09. The number of nitrogens with zero attached hydrogens (tertiary/aromatic N) is 3. The van der Waals surface area contributed by atoms with Crippen LogP contribution in [0.4, 0.5) is 13.2 Å². The molecule has 1 radical (unpaired) electrons. The van der Waals surface area contributed by atoms with Gasteiger partial charge in [0.2, 0.25) is 0 Å². The van der Waals surface area contributed by atoms with Gasteiger partial charge in [0.25, 0.3) is 0 Å². The fourth-order valence-electron chi connectivity index (χ4n) is 2.59. The second-order valence-corrected chi connectivity index (χ2v) is 5.70. The lowest BCUT2D eigenvalue weighted by atomic mass is 10.2. The molecule has 7 heteroatoms. The molecule has 0 spiro atoms. The first-order valence-electron chi connectivity index (χ1n) is 7.37. The number of hydrogen-bond acceptors (Lipinski definition) is 2. The number of aromatic nitrogens is 3. The van der Waals surface area contributed by atoms with Crippen LogP contribution in [0.3, 0.4) is 0 Å². The van der Waals surface area contributed by atoms with E-state index in [1.807, 2.05) is 19.1 Å². The van der Waals surface area contributed by atoms with Crippen LogP contribution in [0.25, 0.3) is 16.7 Å². The summed E-state index contributed by atoms with van der Waals surface area (Å²) in [6.45, 7) is 5.66. The summed E-state index contributed by atoms with van der Waals surface area (Å²) in [4.78, 5) is 8.62. The molecule has 0 bridgehead atoms. The van der Waals surface area contributed by atoms with Crippen LogP contribution in [0.15, 0.2) is 30.5 Å². The third-order valence-electron chi connectivity index (χ3n) is 3.76. The van der Waals surface area contributed by atoms with Crippen molar-refractivity contribution in [1.82, 2.24) is 14.5 Å². The van der Waals surface area contributed by atoms with E-state index in [0.29, 0.717) is 24.2 Å². The highest BCUT2D eigenvalue weighted by Gasteiger charge is 2.34. The van der Waals surface area contributed by atoms with Crippen molar-refractivity contribution in [2.45, 2.75) is 25.9 Å². The van der Waals surface area contributed by atoms with Gasteiger partial charge in [0.1, 0.15) is 5.82 Å². The summed E-state index contributed by atoms with van der Waals surface area (Å²) in [7, 11) is 0. The highest BCUT2D eigenvalue weighted by atomic mass is 35.5. The van der Waals surface area contributed by atoms with Crippen LogP contribution >= 0.6 is 11.6 Å². The molecule has 0 atom stereocenters. The largest absolute Gasteiger partial charge is 0.417 e. The molecule has 0 N–H and O–H groups in total. The van der Waals surface area contributed by atoms with Gasteiger partial charge in [-0.1, -0.05) is 18.5 Å². The standard InChI is InChI=1S/C17H14ClF3N3/c1-3-10-5-6-11(9-22-10)24-15-8-13(18)12(17(19,20)21)7-14(15)23-16(24)4-2/h5-9H,1,3-4H2,2H3. The molecule has 0 amide bonds. The zero-order valence-corrected chi connectivity index (χ0v) is 13.6. The average molecular weight is 353 g/mol. The van der Waals surface area contributed by atoms with Gasteiger partial charge in [-0.25, -0.2) is 4.98 Å². The maximum Gasteiger partial charge on any atom is 0.417 e. The summed E-state index contributed by atoms with van der Waals surface area (Å²) in [5, 5.41) is -0.346. The van der Waals surface area contributed by atoms with Crippen molar-refractivity contribution in [3.63, 3.8) is 0 Å². The zero-order chi connectivity index (χ0) is 17.5. The Labute approximate surface area is 142 Å². The molecule has 24 heavy (non-hydrogen) atoms. The molecule has 0 aliphatic carbocycles. The highest BCUT2D eigenvalue weighted by Crippen LogP contribution is 2.37. The van der Waals surface area contributed by atoms with Crippen molar-refractivity contribution >= 4 is 22.6 Å². The monoisotopic (exact) mass is 352 g/mol. The number of aryl methyl sites for hydroxylation is 1. The van der Waals surface area contributed by atoms with Crippen molar-refractivity contribution in [2.75, 3.05) is 0 Å². The summed E-state index contributed by atoms with van der Waals surface area (Å²) >= 11 is 5.86. The molecule has 0 saturated heterocycles. The molecule has 1 aromatic carbocycles. The van der Waals surface area contributed by atoms with Gasteiger partial charge in [-0.05, 0) is 37.6 Å². The molecule has 0 aliphatic rings. The maximum atomic E-state index is 13.0. The van der Waals surface area contributed by atoms with E-state index in [4.69, 9.17) is 11.6 Å². The molecule has 3 nitrogen and oxygen atoms in total. The maximum absolute atomic E-state index is 13.0. The van der Waals surface area contributed by atoms with Crippen LogP contribution in [0.2, 0.25) is 5.02 Å². The number of halogens is 4. The van der Waals surface area contributed by atoms with Crippen LogP contribution in [0, 0.1) is 6.92 Å². The Balaban J connectivity index is 2.25. The molecule has 0 saturated carbocycles. The first kappa shape index (κ1) is 16.8. The molecule has 2 aromatic heterocycles. The number of benzene rings is 1. The van der Waals surface area contributed by atoms with Gasteiger partial charge in [0, 0.05) is 12.1 Å². The highest BCUT2D eigenvalue weighted by molar-refractivity contribution is 6.32. The quantitative estimate of drug-likeness (QED) is 0.661. The van der Waals surface area contributed by atoms with E-state index in [-0.39, 0.29) is 10.5 Å². The minimum atomic E-state index is -4.52. The van der Waals surface area contributed by atoms with Gasteiger partial charge in [0.15, 0.2) is 0 Å². The van der Waals surface area contributed by atoms with Crippen LogP contribution in [0.1, 0.15) is 24.0 Å². The fourth-order valence-corrected chi connectivity index (χ4v) is 2.85. The van der Waals surface area contributed by atoms with E-state index in [1.165, 1.54) is 6.07 Å². The molecule has 0 unspecified atom stereocenters. The third kappa shape index (κ3) is 2.86. The number of pyridine rings is 1. The van der Waals surface area contributed by atoms with Crippen LogP contribution in [-0.2, 0) is 19.0 Å². The smallest absolute Gasteiger partial charge is 0.295 e. The molecule has 0 aliphatic heterocycles. The summed E-state index contributed by atoms with van der Waals surface area (Å²) < 4.78 is 40.9. The lowest BCUT2D eigenvalue weighted by molar-refractivity contribution is -0.137. The number of fused-ring (bicyclic) bond motifs is 1. The lowest BCUT2D eigenvalue weighted by Crippen LogP contribution is -2.06. The molecule has 125 valence electrons. The molecule has 0 fully saturated rings. The number of alkyl halides is 3. The Morgan fingerprint density at radius 3 is 2.54 bits per heavy atom. The third-order valence-corrected chi connectivity index (χ3v) is 4.07. The normalized spacial score (nSPS) is 12.1. The Morgan fingerprint density at radius 2 is 2.00 bits per heavy atom. The summed E-state index contributed by atoms with van der Waals surface area (Å²) in [6, 6.07) is 5.98. The predicted octanol–water partition coefficient (Wildman–Crippen LogP) is 5.03. The van der Waals surface area contributed by atoms with E-state index < -0.39 is 11.7 Å². The number of rotatable bonds is 3. The van der Waals surface area contributed by atoms with Gasteiger partial charge in [-0.3, -0.25) is 9.55 Å². The van der Waals surface area contributed by atoms with Crippen molar-refractivity contribution in [1.29, 1.82) is 0 Å². The molecular formula is C17H14ClF3N3. The summed E-state index contributed by atoms with van der Waals surface area (Å²) in [6.07, 6.45) is -1.73. The molecule has 3 aromatic rings. The van der Waals surface area contributed by atoms with E-state index in [1.54, 1.807) is 10.8 Å². The summed E-state index contributed by atoms with van der Waals surface area (Å²) in [5.41, 5.74) is 1.45. The lowest BCUT2D eigenvalue weighted by Gasteiger charge is -2.11. The number of hydrogen-bond donors (Lipinski definition) is 0. The zero-order valence-electron chi connectivity index (χ0n) is 12.9. The van der Waals surface area contributed by atoms with Crippen molar-refractivity contribution in [3.05, 3.63) is 59.5 Å². The average Bonchev–Trinajstić information content (AvgIpc) is 2.90. The van der Waals surface area contributed by atoms with Gasteiger partial charge in [-0.15, -0.1) is 0 Å². The first-order valence-corrected chi connectivity index (χ1v) is 7.75. The van der Waals surface area contributed by atoms with Crippen LogP contribution < -0.4 is 0 Å². The topological polar surface area (TPSA) is 30.7 Å². The Bertz CT molecular complexity index is 883.